The van der Waals surface area contributed by atoms with E-state index >= 15 is 0 Å². The van der Waals surface area contributed by atoms with E-state index in [1.165, 1.54) is 23.9 Å². The van der Waals surface area contributed by atoms with Crippen molar-refractivity contribution in [2.45, 2.75) is 25.9 Å². The molecule has 0 bridgehead atoms. The first-order valence-corrected chi connectivity index (χ1v) is 10.5. The average molecular weight is 435 g/mol. The molecule has 1 aliphatic heterocycles. The number of aryl methyl sites for hydroxylation is 1. The summed E-state index contributed by atoms with van der Waals surface area (Å²) in [5, 5.41) is 3.56. The molecule has 0 radical (unpaired) electrons. The fourth-order valence-electron chi connectivity index (χ4n) is 4.14. The standard InChI is InChI=1S/C24H27FN6O/c1-4-31-22-12-18(20(27)8-10-28-14(2)26)19(25)13-21(22)30-24(31)23-17-6-5-16(32-3)11-15(17)7-9-29-23/h5-6,8,10-13,23,29H,2,4,7,9,26-27H2,1,3H3/b20-8-,28-10-. The lowest BCUT2D eigenvalue weighted by Gasteiger charge is -2.27. The van der Waals surface area contributed by atoms with Crippen molar-refractivity contribution < 1.29 is 9.13 Å². The second-order valence-corrected chi connectivity index (χ2v) is 7.63. The molecule has 3 aromatic rings. The molecule has 0 saturated heterocycles. The van der Waals surface area contributed by atoms with Crippen LogP contribution in [-0.4, -0.2) is 29.4 Å². The number of ether oxygens (including phenoxy) is 1. The van der Waals surface area contributed by atoms with Gasteiger partial charge in [0.25, 0.3) is 0 Å². The lowest BCUT2D eigenvalue weighted by molar-refractivity contribution is 0.412. The van der Waals surface area contributed by atoms with Crippen LogP contribution in [0, 0.1) is 5.82 Å². The van der Waals surface area contributed by atoms with E-state index in [1.807, 2.05) is 13.0 Å². The van der Waals surface area contributed by atoms with Crippen LogP contribution in [-0.2, 0) is 13.0 Å². The Labute approximate surface area is 186 Å². The average Bonchev–Trinajstić information content (AvgIpc) is 3.14. The molecule has 1 aliphatic rings. The number of aliphatic imine (C=N–C) groups is 1. The summed E-state index contributed by atoms with van der Waals surface area (Å²) in [6.07, 6.45) is 3.81. The van der Waals surface area contributed by atoms with Gasteiger partial charge in [-0.15, -0.1) is 0 Å². The Morgan fingerprint density at radius 1 is 1.38 bits per heavy atom. The van der Waals surface area contributed by atoms with Gasteiger partial charge in [-0.2, -0.15) is 0 Å². The number of halogens is 1. The fourth-order valence-corrected chi connectivity index (χ4v) is 4.14. The van der Waals surface area contributed by atoms with Crippen molar-refractivity contribution in [3.8, 4) is 5.75 Å². The number of fused-ring (bicyclic) bond motifs is 2. The van der Waals surface area contributed by atoms with Gasteiger partial charge in [-0.25, -0.2) is 14.4 Å². The summed E-state index contributed by atoms with van der Waals surface area (Å²) in [5.74, 6) is 1.38. The summed E-state index contributed by atoms with van der Waals surface area (Å²) in [4.78, 5) is 8.67. The Kier molecular flexibility index (Phi) is 5.96. The number of hydrogen-bond acceptors (Lipinski definition) is 6. The number of nitrogens with two attached hydrogens (primary N) is 2. The minimum Gasteiger partial charge on any atom is -0.497 e. The predicted octanol–water partition coefficient (Wildman–Crippen LogP) is 3.24. The molecule has 166 valence electrons. The highest BCUT2D eigenvalue weighted by atomic mass is 19.1. The van der Waals surface area contributed by atoms with E-state index in [-0.39, 0.29) is 23.1 Å². The normalized spacial score (nSPS) is 16.5. The first-order valence-electron chi connectivity index (χ1n) is 10.5. The lowest BCUT2D eigenvalue weighted by atomic mass is 9.93. The predicted molar refractivity (Wildman–Crippen MR) is 126 cm³/mol. The van der Waals surface area contributed by atoms with Crippen LogP contribution in [0.5, 0.6) is 5.75 Å². The highest BCUT2D eigenvalue weighted by molar-refractivity contribution is 5.87. The maximum absolute atomic E-state index is 14.9. The zero-order valence-electron chi connectivity index (χ0n) is 18.2. The van der Waals surface area contributed by atoms with E-state index in [1.54, 1.807) is 13.2 Å². The van der Waals surface area contributed by atoms with Crippen molar-refractivity contribution in [1.29, 1.82) is 0 Å². The molecule has 0 amide bonds. The lowest BCUT2D eigenvalue weighted by Crippen LogP contribution is -2.32. The number of aromatic nitrogens is 2. The van der Waals surface area contributed by atoms with E-state index in [9.17, 15) is 4.39 Å². The molecule has 0 saturated carbocycles. The summed E-state index contributed by atoms with van der Waals surface area (Å²) in [6, 6.07) is 9.17. The molecular formula is C24H27FN6O. The molecule has 1 unspecified atom stereocenters. The van der Waals surface area contributed by atoms with Gasteiger partial charge in [-0.3, -0.25) is 0 Å². The zero-order valence-corrected chi connectivity index (χ0v) is 18.2. The maximum Gasteiger partial charge on any atom is 0.134 e. The molecule has 0 spiro atoms. The van der Waals surface area contributed by atoms with Crippen LogP contribution in [0.4, 0.5) is 4.39 Å². The minimum absolute atomic E-state index is 0.0980. The second-order valence-electron chi connectivity index (χ2n) is 7.63. The molecule has 32 heavy (non-hydrogen) atoms. The van der Waals surface area contributed by atoms with Crippen LogP contribution in [0.2, 0.25) is 0 Å². The van der Waals surface area contributed by atoms with Crippen molar-refractivity contribution in [3.05, 3.63) is 77.1 Å². The molecule has 0 aliphatic carbocycles. The number of nitrogens with one attached hydrogen (secondary N) is 1. The van der Waals surface area contributed by atoms with Gasteiger partial charge in [-0.1, -0.05) is 12.6 Å². The van der Waals surface area contributed by atoms with Crippen molar-refractivity contribution >= 4 is 22.9 Å². The number of imidazole rings is 1. The van der Waals surface area contributed by atoms with Crippen LogP contribution in [0.3, 0.4) is 0 Å². The molecule has 2 heterocycles. The van der Waals surface area contributed by atoms with Gasteiger partial charge in [0, 0.05) is 36.6 Å². The smallest absolute Gasteiger partial charge is 0.134 e. The number of hydrogen-bond donors (Lipinski definition) is 3. The van der Waals surface area contributed by atoms with E-state index in [4.69, 9.17) is 21.2 Å². The van der Waals surface area contributed by atoms with E-state index in [0.29, 0.717) is 12.1 Å². The minimum atomic E-state index is -0.444. The Hall–Kier alpha value is -3.65. The van der Waals surface area contributed by atoms with Gasteiger partial charge in [-0.05, 0) is 48.7 Å². The number of allylic oxidation sites excluding steroid dienone is 1. The second kappa shape index (κ2) is 8.84. The van der Waals surface area contributed by atoms with Gasteiger partial charge in [0.05, 0.1) is 24.2 Å². The Bertz CT molecular complexity index is 1240. The van der Waals surface area contributed by atoms with E-state index in [0.717, 1.165) is 35.6 Å². The summed E-state index contributed by atoms with van der Waals surface area (Å²) in [7, 11) is 1.67. The van der Waals surface area contributed by atoms with Crippen molar-refractivity contribution in [2.24, 2.45) is 16.5 Å². The monoisotopic (exact) mass is 434 g/mol. The van der Waals surface area contributed by atoms with Crippen LogP contribution in [0.15, 0.2) is 53.8 Å². The maximum atomic E-state index is 14.9. The molecule has 2 aromatic carbocycles. The largest absolute Gasteiger partial charge is 0.497 e. The quantitative estimate of drug-likeness (QED) is 0.517. The van der Waals surface area contributed by atoms with Gasteiger partial charge in [0.15, 0.2) is 0 Å². The van der Waals surface area contributed by atoms with Gasteiger partial charge in [0.1, 0.15) is 23.2 Å². The number of nitrogens with zero attached hydrogens (tertiary/aromatic N) is 3. The van der Waals surface area contributed by atoms with Gasteiger partial charge >= 0.3 is 0 Å². The first kappa shape index (κ1) is 21.6. The number of methoxy groups -OCH3 is 1. The van der Waals surface area contributed by atoms with E-state index < -0.39 is 5.82 Å². The van der Waals surface area contributed by atoms with Gasteiger partial charge in [0.2, 0.25) is 0 Å². The molecule has 1 aromatic heterocycles. The molecule has 5 N–H and O–H groups in total. The summed E-state index contributed by atoms with van der Waals surface area (Å²) in [5.41, 5.74) is 15.8. The Balaban J connectivity index is 1.81. The topological polar surface area (TPSA) is 103 Å². The molecule has 1 atom stereocenters. The third kappa shape index (κ3) is 3.97. The SMILES string of the molecule is C=C(N)/N=C\C=C(/N)c1cc2c(cc1F)nc(C1NCCc3cc(OC)ccc31)n2CC. The summed E-state index contributed by atoms with van der Waals surface area (Å²) >= 11 is 0. The molecule has 4 rings (SSSR count). The van der Waals surface area contributed by atoms with Crippen molar-refractivity contribution in [2.75, 3.05) is 13.7 Å². The van der Waals surface area contributed by atoms with Crippen LogP contribution in [0.25, 0.3) is 16.7 Å². The Morgan fingerprint density at radius 3 is 2.91 bits per heavy atom. The van der Waals surface area contributed by atoms with Crippen LogP contribution >= 0.6 is 0 Å². The van der Waals surface area contributed by atoms with Crippen molar-refractivity contribution in [1.82, 2.24) is 14.9 Å². The molecular weight excluding hydrogens is 407 g/mol. The third-order valence-corrected chi connectivity index (χ3v) is 5.65. The van der Waals surface area contributed by atoms with Crippen LogP contribution < -0.4 is 21.5 Å². The zero-order chi connectivity index (χ0) is 22.8. The first-order chi connectivity index (χ1) is 15.4. The van der Waals surface area contributed by atoms with Gasteiger partial charge < -0.3 is 26.1 Å². The molecule has 0 fully saturated rings. The summed E-state index contributed by atoms with van der Waals surface area (Å²) < 4.78 is 22.4. The molecule has 8 heteroatoms. The highest BCUT2D eigenvalue weighted by Crippen LogP contribution is 2.33. The van der Waals surface area contributed by atoms with Crippen LogP contribution in [0.1, 0.15) is 35.5 Å². The Morgan fingerprint density at radius 2 is 2.19 bits per heavy atom. The van der Waals surface area contributed by atoms with Crippen molar-refractivity contribution in [3.63, 3.8) is 0 Å². The fraction of sp³-hybridized carbons (Fsp3) is 0.250. The highest BCUT2D eigenvalue weighted by Gasteiger charge is 2.27. The number of benzene rings is 2. The number of rotatable bonds is 6. The van der Waals surface area contributed by atoms with E-state index in [2.05, 4.69) is 33.6 Å². The molecule has 7 nitrogen and oxygen atoms in total. The third-order valence-electron chi connectivity index (χ3n) is 5.65. The summed E-state index contributed by atoms with van der Waals surface area (Å²) in [6.45, 7) is 7.03.